The standard InChI is InChI=1S/C21H15N3O3S/c1-14-7-8-16(13-18(14)24(26)27)19(25)10-9-17-20(15-5-3-2-4-6-15)22-21-23(17)11-12-28-21/h2-13H,1H3/b10-9+. The van der Waals surface area contributed by atoms with Crippen molar-refractivity contribution in [3.63, 3.8) is 0 Å². The number of rotatable bonds is 5. The van der Waals surface area contributed by atoms with E-state index in [0.29, 0.717) is 5.56 Å². The average molecular weight is 389 g/mol. The average Bonchev–Trinajstić information content (AvgIpc) is 3.28. The smallest absolute Gasteiger partial charge is 0.273 e. The zero-order chi connectivity index (χ0) is 19.7. The molecular weight excluding hydrogens is 374 g/mol. The Morgan fingerprint density at radius 2 is 2.00 bits per heavy atom. The molecule has 28 heavy (non-hydrogen) atoms. The maximum absolute atomic E-state index is 12.6. The van der Waals surface area contributed by atoms with E-state index in [1.165, 1.54) is 23.5 Å². The van der Waals surface area contributed by atoms with Crippen LogP contribution >= 0.6 is 11.3 Å². The first-order valence-electron chi connectivity index (χ1n) is 8.53. The van der Waals surface area contributed by atoms with E-state index in [1.807, 2.05) is 46.3 Å². The van der Waals surface area contributed by atoms with E-state index >= 15 is 0 Å². The quantitative estimate of drug-likeness (QED) is 0.204. The van der Waals surface area contributed by atoms with Crippen LogP contribution in [0.15, 0.2) is 66.2 Å². The summed E-state index contributed by atoms with van der Waals surface area (Å²) in [6.07, 6.45) is 5.05. The Morgan fingerprint density at radius 1 is 1.21 bits per heavy atom. The molecule has 4 rings (SSSR count). The van der Waals surface area contributed by atoms with Crippen molar-refractivity contribution in [1.29, 1.82) is 0 Å². The van der Waals surface area contributed by atoms with Gasteiger partial charge in [-0.05, 0) is 19.1 Å². The molecule has 0 saturated heterocycles. The van der Waals surface area contributed by atoms with Crippen LogP contribution < -0.4 is 0 Å². The zero-order valence-electron chi connectivity index (χ0n) is 14.9. The fraction of sp³-hybridized carbons (Fsp3) is 0.0476. The third-order valence-electron chi connectivity index (χ3n) is 4.43. The van der Waals surface area contributed by atoms with Gasteiger partial charge in [0.2, 0.25) is 0 Å². The highest BCUT2D eigenvalue weighted by atomic mass is 32.1. The Balaban J connectivity index is 1.73. The Morgan fingerprint density at radius 3 is 2.75 bits per heavy atom. The van der Waals surface area contributed by atoms with Gasteiger partial charge in [0, 0.05) is 34.3 Å². The third-order valence-corrected chi connectivity index (χ3v) is 5.19. The van der Waals surface area contributed by atoms with Crippen LogP contribution in [0.4, 0.5) is 5.69 Å². The minimum atomic E-state index is -0.477. The second kappa shape index (κ2) is 7.21. The van der Waals surface area contributed by atoms with Crippen molar-refractivity contribution in [2.75, 3.05) is 0 Å². The monoisotopic (exact) mass is 389 g/mol. The number of imidazole rings is 1. The maximum Gasteiger partial charge on any atom is 0.273 e. The number of carbonyl (C=O) groups is 1. The summed E-state index contributed by atoms with van der Waals surface area (Å²) < 4.78 is 1.92. The molecule has 2 aromatic heterocycles. The van der Waals surface area contributed by atoms with Crippen molar-refractivity contribution < 1.29 is 9.72 Å². The Kier molecular flexibility index (Phi) is 4.58. The molecule has 0 unspecified atom stereocenters. The zero-order valence-corrected chi connectivity index (χ0v) is 15.7. The molecule has 0 amide bonds. The fourth-order valence-corrected chi connectivity index (χ4v) is 3.70. The van der Waals surface area contributed by atoms with E-state index < -0.39 is 4.92 Å². The number of ketones is 1. The molecule has 0 aliphatic rings. The number of allylic oxidation sites excluding steroid dienone is 1. The summed E-state index contributed by atoms with van der Waals surface area (Å²) in [5, 5.41) is 13.1. The summed E-state index contributed by atoms with van der Waals surface area (Å²) in [5.74, 6) is -0.299. The number of hydrogen-bond donors (Lipinski definition) is 0. The number of fused-ring (bicyclic) bond motifs is 1. The molecule has 0 radical (unpaired) electrons. The topological polar surface area (TPSA) is 77.5 Å². The highest BCUT2D eigenvalue weighted by Crippen LogP contribution is 2.28. The van der Waals surface area contributed by atoms with Gasteiger partial charge in [-0.15, -0.1) is 11.3 Å². The van der Waals surface area contributed by atoms with Crippen LogP contribution in [-0.2, 0) is 0 Å². The van der Waals surface area contributed by atoms with Crippen LogP contribution in [0, 0.1) is 17.0 Å². The van der Waals surface area contributed by atoms with E-state index in [1.54, 1.807) is 25.1 Å². The molecule has 0 atom stereocenters. The summed E-state index contributed by atoms with van der Waals surface area (Å²) in [7, 11) is 0. The van der Waals surface area contributed by atoms with Gasteiger partial charge in [0.1, 0.15) is 0 Å². The number of aryl methyl sites for hydroxylation is 1. The molecule has 2 aromatic carbocycles. The lowest BCUT2D eigenvalue weighted by Gasteiger charge is -2.01. The summed E-state index contributed by atoms with van der Waals surface area (Å²) in [4.78, 5) is 28.8. The fourth-order valence-electron chi connectivity index (χ4n) is 2.98. The van der Waals surface area contributed by atoms with Crippen molar-refractivity contribution in [2.45, 2.75) is 6.92 Å². The Hall–Kier alpha value is -3.58. The summed E-state index contributed by atoms with van der Waals surface area (Å²) in [6, 6.07) is 14.2. The molecule has 138 valence electrons. The van der Waals surface area contributed by atoms with Crippen LogP contribution in [-0.4, -0.2) is 20.1 Å². The molecule has 0 saturated carbocycles. The Labute approximate surface area is 164 Å². The molecule has 2 heterocycles. The van der Waals surface area contributed by atoms with Crippen LogP contribution in [0.25, 0.3) is 22.3 Å². The number of aromatic nitrogens is 2. The maximum atomic E-state index is 12.6. The number of carbonyl (C=O) groups excluding carboxylic acids is 1. The summed E-state index contributed by atoms with van der Waals surface area (Å²) in [6.45, 7) is 1.65. The molecule has 0 spiro atoms. The lowest BCUT2D eigenvalue weighted by molar-refractivity contribution is -0.385. The first kappa shape index (κ1) is 17.8. The number of nitro groups is 1. The molecule has 0 fully saturated rings. The van der Waals surface area contributed by atoms with Gasteiger partial charge in [0.25, 0.3) is 5.69 Å². The predicted molar refractivity (Wildman–Crippen MR) is 110 cm³/mol. The third kappa shape index (κ3) is 3.23. The van der Waals surface area contributed by atoms with Gasteiger partial charge >= 0.3 is 0 Å². The SMILES string of the molecule is Cc1ccc(C(=O)/C=C/c2c(-c3ccccc3)nc3sccn23)cc1[N+](=O)[O-]. The number of thiazole rings is 1. The van der Waals surface area contributed by atoms with Gasteiger partial charge < -0.3 is 0 Å². The minimum Gasteiger partial charge on any atom is -0.290 e. The predicted octanol–water partition coefficient (Wildman–Crippen LogP) is 5.18. The first-order chi connectivity index (χ1) is 13.5. The Bertz CT molecular complexity index is 1220. The highest BCUT2D eigenvalue weighted by molar-refractivity contribution is 7.15. The number of hydrogen-bond acceptors (Lipinski definition) is 5. The lowest BCUT2D eigenvalue weighted by atomic mass is 10.1. The van der Waals surface area contributed by atoms with Crippen molar-refractivity contribution in [3.05, 3.63) is 93.1 Å². The van der Waals surface area contributed by atoms with Gasteiger partial charge in [-0.2, -0.15) is 0 Å². The number of benzene rings is 2. The normalized spacial score (nSPS) is 11.3. The summed E-state index contributed by atoms with van der Waals surface area (Å²) in [5.41, 5.74) is 3.27. The van der Waals surface area contributed by atoms with Gasteiger partial charge in [-0.25, -0.2) is 4.98 Å². The van der Waals surface area contributed by atoms with Crippen molar-refractivity contribution >= 4 is 33.8 Å². The minimum absolute atomic E-state index is 0.0613. The number of nitro benzene ring substituents is 1. The summed E-state index contributed by atoms with van der Waals surface area (Å²) >= 11 is 1.51. The van der Waals surface area contributed by atoms with Crippen LogP contribution in [0.1, 0.15) is 21.6 Å². The van der Waals surface area contributed by atoms with E-state index in [9.17, 15) is 14.9 Å². The van der Waals surface area contributed by atoms with Crippen molar-refractivity contribution in [2.24, 2.45) is 0 Å². The molecule has 4 aromatic rings. The second-order valence-electron chi connectivity index (χ2n) is 6.22. The molecule has 7 heteroatoms. The molecular formula is C21H15N3O3S. The van der Waals surface area contributed by atoms with Crippen LogP contribution in [0.2, 0.25) is 0 Å². The van der Waals surface area contributed by atoms with Crippen molar-refractivity contribution in [1.82, 2.24) is 9.38 Å². The first-order valence-corrected chi connectivity index (χ1v) is 9.41. The van der Waals surface area contributed by atoms with Gasteiger partial charge in [-0.1, -0.05) is 42.5 Å². The van der Waals surface area contributed by atoms with Gasteiger partial charge in [-0.3, -0.25) is 19.3 Å². The van der Waals surface area contributed by atoms with Gasteiger partial charge in [0.15, 0.2) is 10.7 Å². The molecule has 6 nitrogen and oxygen atoms in total. The van der Waals surface area contributed by atoms with Crippen LogP contribution in [0.5, 0.6) is 0 Å². The molecule has 0 bridgehead atoms. The van der Waals surface area contributed by atoms with E-state index in [0.717, 1.165) is 21.9 Å². The van der Waals surface area contributed by atoms with Crippen LogP contribution in [0.3, 0.4) is 0 Å². The largest absolute Gasteiger partial charge is 0.290 e. The molecule has 0 N–H and O–H groups in total. The van der Waals surface area contributed by atoms with Crippen molar-refractivity contribution in [3.8, 4) is 11.3 Å². The van der Waals surface area contributed by atoms with E-state index in [-0.39, 0.29) is 17.0 Å². The van der Waals surface area contributed by atoms with E-state index in [2.05, 4.69) is 4.98 Å². The van der Waals surface area contributed by atoms with E-state index in [4.69, 9.17) is 0 Å². The highest BCUT2D eigenvalue weighted by Gasteiger charge is 2.15. The second-order valence-corrected chi connectivity index (χ2v) is 7.10. The number of nitrogens with zero attached hydrogens (tertiary/aromatic N) is 3. The lowest BCUT2D eigenvalue weighted by Crippen LogP contribution is -1.98. The molecule has 0 aliphatic heterocycles. The van der Waals surface area contributed by atoms with Gasteiger partial charge in [0.05, 0.1) is 16.3 Å². The molecule has 0 aliphatic carbocycles.